The second-order valence-electron chi connectivity index (χ2n) is 5.09. The van der Waals surface area contributed by atoms with Crippen LogP contribution in [0.1, 0.15) is 18.5 Å². The van der Waals surface area contributed by atoms with Gasteiger partial charge in [-0.25, -0.2) is 12.7 Å². The first-order valence-electron chi connectivity index (χ1n) is 6.48. The van der Waals surface area contributed by atoms with Gasteiger partial charge in [0.15, 0.2) is 0 Å². The van der Waals surface area contributed by atoms with Crippen molar-refractivity contribution in [1.29, 1.82) is 0 Å². The molecule has 0 radical (unpaired) electrons. The molecule has 1 saturated heterocycles. The van der Waals surface area contributed by atoms with Gasteiger partial charge in [0.05, 0.1) is 11.9 Å². The molecule has 1 aliphatic heterocycles. The molecule has 1 atom stereocenters. The third kappa shape index (κ3) is 3.99. The molecular formula is C11H21N5O2S. The van der Waals surface area contributed by atoms with E-state index in [2.05, 4.69) is 15.6 Å². The van der Waals surface area contributed by atoms with E-state index in [4.69, 9.17) is 0 Å². The lowest BCUT2D eigenvalue weighted by Crippen LogP contribution is -2.40. The van der Waals surface area contributed by atoms with Crippen molar-refractivity contribution >= 4 is 10.0 Å². The van der Waals surface area contributed by atoms with Crippen LogP contribution in [0.5, 0.6) is 0 Å². The minimum atomic E-state index is -3.08. The maximum Gasteiger partial charge on any atom is 0.211 e. The zero-order chi connectivity index (χ0) is 13.9. The van der Waals surface area contributed by atoms with Crippen LogP contribution in [-0.4, -0.2) is 54.1 Å². The van der Waals surface area contributed by atoms with E-state index in [1.165, 1.54) is 6.26 Å². The van der Waals surface area contributed by atoms with Crippen LogP contribution in [0.4, 0.5) is 0 Å². The highest BCUT2D eigenvalue weighted by Crippen LogP contribution is 2.19. The average Bonchev–Trinajstić information content (AvgIpc) is 2.76. The molecule has 1 fully saturated rings. The molecule has 108 valence electrons. The highest BCUT2D eigenvalue weighted by molar-refractivity contribution is 7.88. The first-order chi connectivity index (χ1) is 8.99. The molecule has 0 aliphatic carbocycles. The summed E-state index contributed by atoms with van der Waals surface area (Å²) >= 11 is 0. The third-order valence-corrected chi connectivity index (χ3v) is 4.61. The molecule has 7 nitrogen and oxygen atoms in total. The lowest BCUT2D eigenvalue weighted by Gasteiger charge is -2.30. The molecule has 0 spiro atoms. The number of hydrogen-bond donors (Lipinski definition) is 1. The van der Waals surface area contributed by atoms with E-state index in [9.17, 15) is 8.42 Å². The molecular weight excluding hydrogens is 266 g/mol. The average molecular weight is 287 g/mol. The molecule has 19 heavy (non-hydrogen) atoms. The topological polar surface area (TPSA) is 80.1 Å². The van der Waals surface area contributed by atoms with Gasteiger partial charge in [0.1, 0.15) is 0 Å². The highest BCUT2D eigenvalue weighted by Gasteiger charge is 2.26. The fraction of sp³-hybridized carbons (Fsp3) is 0.818. The summed E-state index contributed by atoms with van der Waals surface area (Å²) in [6, 6.07) is 0. The molecule has 2 heterocycles. The Hall–Kier alpha value is -0.990. The quantitative estimate of drug-likeness (QED) is 0.802. The van der Waals surface area contributed by atoms with E-state index in [1.807, 2.05) is 17.9 Å². The van der Waals surface area contributed by atoms with Crippen molar-refractivity contribution in [2.24, 2.45) is 5.92 Å². The van der Waals surface area contributed by atoms with Gasteiger partial charge in [0.2, 0.25) is 10.0 Å². The predicted octanol–water partition coefficient (Wildman–Crippen LogP) is -0.331. The summed E-state index contributed by atoms with van der Waals surface area (Å²) in [5.41, 5.74) is 0.901. The number of piperidine rings is 1. The molecule has 0 saturated carbocycles. The molecule has 1 aliphatic rings. The standard InChI is InChI=1S/C11H21N5O2S/c1-12-6-11-9-15(14-13-11)7-10-4-3-5-16(8-10)19(2,17)18/h9-10,12H,3-8H2,1-2H3. The Bertz CT molecular complexity index is 513. The van der Waals surface area contributed by atoms with Crippen LogP contribution in [0, 0.1) is 5.92 Å². The number of sulfonamides is 1. The maximum atomic E-state index is 11.6. The van der Waals surface area contributed by atoms with Gasteiger partial charge in [-0.05, 0) is 25.8 Å². The summed E-state index contributed by atoms with van der Waals surface area (Å²) in [6.45, 7) is 2.64. The van der Waals surface area contributed by atoms with Crippen molar-refractivity contribution in [3.63, 3.8) is 0 Å². The Morgan fingerprint density at radius 3 is 3.00 bits per heavy atom. The van der Waals surface area contributed by atoms with Gasteiger partial charge in [-0.3, -0.25) is 4.68 Å². The zero-order valence-corrected chi connectivity index (χ0v) is 12.2. The summed E-state index contributed by atoms with van der Waals surface area (Å²) in [5, 5.41) is 11.2. The summed E-state index contributed by atoms with van der Waals surface area (Å²) < 4.78 is 26.5. The molecule has 1 aromatic rings. The van der Waals surface area contributed by atoms with Crippen LogP contribution in [0.15, 0.2) is 6.20 Å². The predicted molar refractivity (Wildman–Crippen MR) is 71.9 cm³/mol. The molecule has 0 aromatic carbocycles. The summed E-state index contributed by atoms with van der Waals surface area (Å²) in [4.78, 5) is 0. The molecule has 1 unspecified atom stereocenters. The van der Waals surface area contributed by atoms with Gasteiger partial charge in [-0.1, -0.05) is 5.21 Å². The lowest BCUT2D eigenvalue weighted by atomic mass is 10.00. The van der Waals surface area contributed by atoms with Crippen molar-refractivity contribution in [1.82, 2.24) is 24.6 Å². The van der Waals surface area contributed by atoms with Gasteiger partial charge in [-0.2, -0.15) is 0 Å². The number of nitrogens with one attached hydrogen (secondary N) is 1. The zero-order valence-electron chi connectivity index (χ0n) is 11.4. The van der Waals surface area contributed by atoms with Crippen LogP contribution in [0.25, 0.3) is 0 Å². The second-order valence-corrected chi connectivity index (χ2v) is 7.07. The summed E-state index contributed by atoms with van der Waals surface area (Å²) in [5.74, 6) is 0.313. The number of rotatable bonds is 5. The minimum absolute atomic E-state index is 0.313. The molecule has 2 rings (SSSR count). The van der Waals surface area contributed by atoms with Crippen LogP contribution in [0.3, 0.4) is 0 Å². The van der Waals surface area contributed by atoms with Crippen molar-refractivity contribution in [3.05, 3.63) is 11.9 Å². The van der Waals surface area contributed by atoms with E-state index in [0.29, 0.717) is 25.6 Å². The first-order valence-corrected chi connectivity index (χ1v) is 8.32. The highest BCUT2D eigenvalue weighted by atomic mass is 32.2. The van der Waals surface area contributed by atoms with E-state index in [-0.39, 0.29) is 0 Å². The van der Waals surface area contributed by atoms with Gasteiger partial charge in [-0.15, -0.1) is 5.10 Å². The first kappa shape index (κ1) is 14.4. The van der Waals surface area contributed by atoms with Gasteiger partial charge in [0, 0.05) is 32.4 Å². The van der Waals surface area contributed by atoms with Crippen molar-refractivity contribution in [2.75, 3.05) is 26.4 Å². The van der Waals surface area contributed by atoms with E-state index >= 15 is 0 Å². The molecule has 1 N–H and O–H groups in total. The molecule has 1 aromatic heterocycles. The maximum absolute atomic E-state index is 11.6. The lowest BCUT2D eigenvalue weighted by molar-refractivity contribution is 0.239. The third-order valence-electron chi connectivity index (χ3n) is 3.34. The number of nitrogens with zero attached hydrogens (tertiary/aromatic N) is 4. The van der Waals surface area contributed by atoms with Gasteiger partial charge in [0.25, 0.3) is 0 Å². The van der Waals surface area contributed by atoms with Crippen molar-refractivity contribution in [3.8, 4) is 0 Å². The van der Waals surface area contributed by atoms with Crippen molar-refractivity contribution < 1.29 is 8.42 Å². The monoisotopic (exact) mass is 287 g/mol. The SMILES string of the molecule is CNCc1cn(CC2CCCN(S(C)(=O)=O)C2)nn1. The van der Waals surface area contributed by atoms with Crippen LogP contribution in [0.2, 0.25) is 0 Å². The molecule has 8 heteroatoms. The number of hydrogen-bond acceptors (Lipinski definition) is 5. The minimum Gasteiger partial charge on any atom is -0.314 e. The van der Waals surface area contributed by atoms with E-state index in [1.54, 1.807) is 4.31 Å². The Morgan fingerprint density at radius 1 is 1.53 bits per heavy atom. The Labute approximate surface area is 114 Å². The Kier molecular flexibility index (Phi) is 4.54. The normalized spacial score (nSPS) is 21.7. The molecule has 0 amide bonds. The largest absolute Gasteiger partial charge is 0.314 e. The molecule has 0 bridgehead atoms. The van der Waals surface area contributed by atoms with Gasteiger partial charge < -0.3 is 5.32 Å². The number of aromatic nitrogens is 3. The summed E-state index contributed by atoms with van der Waals surface area (Å²) in [6.07, 6.45) is 5.13. The van der Waals surface area contributed by atoms with Gasteiger partial charge >= 0.3 is 0 Å². The van der Waals surface area contributed by atoms with Crippen LogP contribution < -0.4 is 5.32 Å². The Balaban J connectivity index is 1.94. The van der Waals surface area contributed by atoms with E-state index < -0.39 is 10.0 Å². The van der Waals surface area contributed by atoms with Crippen LogP contribution >= 0.6 is 0 Å². The Morgan fingerprint density at radius 2 is 2.32 bits per heavy atom. The van der Waals surface area contributed by atoms with E-state index in [0.717, 1.165) is 25.1 Å². The second kappa shape index (κ2) is 5.98. The fourth-order valence-corrected chi connectivity index (χ4v) is 3.37. The van der Waals surface area contributed by atoms with Crippen molar-refractivity contribution in [2.45, 2.75) is 25.9 Å². The van der Waals surface area contributed by atoms with Crippen LogP contribution in [-0.2, 0) is 23.1 Å². The fourth-order valence-electron chi connectivity index (χ4n) is 2.43. The smallest absolute Gasteiger partial charge is 0.211 e. The summed E-state index contributed by atoms with van der Waals surface area (Å²) in [7, 11) is -1.21.